The molecule has 31 heavy (non-hydrogen) atoms. The van der Waals surface area contributed by atoms with Crippen molar-refractivity contribution in [3.05, 3.63) is 53.9 Å². The van der Waals surface area contributed by atoms with Crippen LogP contribution in [-0.2, 0) is 11.2 Å². The first-order chi connectivity index (χ1) is 15.2. The number of aromatic nitrogens is 4. The van der Waals surface area contributed by atoms with Crippen LogP contribution in [0.2, 0.25) is 0 Å². The minimum Gasteiger partial charge on any atom is -0.494 e. The van der Waals surface area contributed by atoms with Gasteiger partial charge in [0.1, 0.15) is 5.75 Å². The van der Waals surface area contributed by atoms with E-state index in [4.69, 9.17) is 14.5 Å². The van der Waals surface area contributed by atoms with Gasteiger partial charge in [-0.2, -0.15) is 0 Å². The Bertz CT molecular complexity index is 1060. The lowest BCUT2D eigenvalue weighted by molar-refractivity contribution is 0.0114. The van der Waals surface area contributed by atoms with Gasteiger partial charge in [-0.3, -0.25) is 4.90 Å². The van der Waals surface area contributed by atoms with E-state index < -0.39 is 0 Å². The third-order valence-corrected chi connectivity index (χ3v) is 6.05. The van der Waals surface area contributed by atoms with E-state index in [2.05, 4.69) is 20.2 Å². The highest BCUT2D eigenvalue weighted by Gasteiger charge is 2.29. The number of hydrogen-bond acceptors (Lipinski definition) is 7. The van der Waals surface area contributed by atoms with Crippen LogP contribution in [0.5, 0.6) is 5.75 Å². The van der Waals surface area contributed by atoms with Crippen molar-refractivity contribution in [1.29, 1.82) is 0 Å². The molecular formula is C23H28N6O2. The average Bonchev–Trinajstić information content (AvgIpc) is 3.25. The Labute approximate surface area is 182 Å². The molecule has 5 rings (SSSR count). The summed E-state index contributed by atoms with van der Waals surface area (Å²) in [6, 6.07) is 6.33. The van der Waals surface area contributed by atoms with Gasteiger partial charge in [-0.05, 0) is 43.9 Å². The highest BCUT2D eigenvalue weighted by Crippen LogP contribution is 2.34. The number of methoxy groups -OCH3 is 1. The number of rotatable bonds is 5. The van der Waals surface area contributed by atoms with Crippen LogP contribution in [0, 0.1) is 6.92 Å². The van der Waals surface area contributed by atoms with E-state index in [0.717, 1.165) is 67.7 Å². The Balaban J connectivity index is 1.40. The molecule has 3 aromatic rings. The monoisotopic (exact) mass is 420 g/mol. The Morgan fingerprint density at radius 2 is 2.06 bits per heavy atom. The quantitative estimate of drug-likeness (QED) is 0.678. The molecule has 1 unspecified atom stereocenters. The molecule has 1 aliphatic carbocycles. The van der Waals surface area contributed by atoms with Crippen molar-refractivity contribution in [3.63, 3.8) is 0 Å². The Morgan fingerprint density at radius 3 is 2.84 bits per heavy atom. The summed E-state index contributed by atoms with van der Waals surface area (Å²) in [6.45, 7) is 5.48. The lowest BCUT2D eigenvalue weighted by Crippen LogP contribution is -2.40. The third-order valence-electron chi connectivity index (χ3n) is 6.05. The molecule has 3 heterocycles. The predicted molar refractivity (Wildman–Crippen MR) is 118 cm³/mol. The lowest BCUT2D eigenvalue weighted by atomic mass is 9.91. The van der Waals surface area contributed by atoms with Crippen molar-refractivity contribution in [1.82, 2.24) is 24.4 Å². The van der Waals surface area contributed by atoms with Crippen molar-refractivity contribution in [2.24, 2.45) is 0 Å². The topological polar surface area (TPSA) is 77.3 Å². The van der Waals surface area contributed by atoms with Crippen LogP contribution in [0.15, 0.2) is 36.9 Å². The number of ether oxygens (including phenoxy) is 2. The minimum absolute atomic E-state index is 0.345. The number of nitrogens with zero attached hydrogens (tertiary/aromatic N) is 5. The molecule has 162 valence electrons. The standard InChI is InChI=1S/C23H28N6O2/c1-16-14-29(15-25-16)19-7-6-18(12-21(19)30-2)26-23-24-13-17-4-3-5-20(22(17)27-23)28-8-10-31-11-9-28/h6-7,12-15,20H,3-5,8-11H2,1-2H3,(H,24,26,27). The molecule has 1 aromatic carbocycles. The van der Waals surface area contributed by atoms with E-state index in [-0.39, 0.29) is 0 Å². The second-order valence-corrected chi connectivity index (χ2v) is 8.09. The second-order valence-electron chi connectivity index (χ2n) is 8.09. The van der Waals surface area contributed by atoms with E-state index in [0.29, 0.717) is 12.0 Å². The second kappa shape index (κ2) is 8.64. The summed E-state index contributed by atoms with van der Waals surface area (Å²) < 4.78 is 13.1. The number of benzene rings is 1. The molecule has 0 saturated carbocycles. The van der Waals surface area contributed by atoms with Crippen LogP contribution in [-0.4, -0.2) is 57.8 Å². The number of anilines is 2. The maximum atomic E-state index is 5.63. The molecule has 1 saturated heterocycles. The molecule has 1 atom stereocenters. The van der Waals surface area contributed by atoms with Crippen molar-refractivity contribution in [2.75, 3.05) is 38.7 Å². The molecule has 0 bridgehead atoms. The normalized spacial score (nSPS) is 19.1. The van der Waals surface area contributed by atoms with Crippen molar-refractivity contribution in [2.45, 2.75) is 32.2 Å². The van der Waals surface area contributed by atoms with Gasteiger partial charge in [-0.15, -0.1) is 0 Å². The number of aryl methyl sites for hydroxylation is 2. The van der Waals surface area contributed by atoms with E-state index in [1.807, 2.05) is 42.1 Å². The fourth-order valence-corrected chi connectivity index (χ4v) is 4.48. The summed E-state index contributed by atoms with van der Waals surface area (Å²) >= 11 is 0. The van der Waals surface area contributed by atoms with Gasteiger partial charge in [0.05, 0.1) is 49.8 Å². The van der Waals surface area contributed by atoms with Crippen molar-refractivity contribution in [3.8, 4) is 11.4 Å². The fraction of sp³-hybridized carbons (Fsp3) is 0.435. The molecule has 8 heteroatoms. The van der Waals surface area contributed by atoms with Crippen molar-refractivity contribution < 1.29 is 9.47 Å². The molecule has 2 aromatic heterocycles. The molecule has 1 aliphatic heterocycles. The first-order valence-electron chi connectivity index (χ1n) is 10.8. The van der Waals surface area contributed by atoms with E-state index in [1.54, 1.807) is 13.4 Å². The van der Waals surface area contributed by atoms with Crippen molar-refractivity contribution >= 4 is 11.6 Å². The largest absolute Gasteiger partial charge is 0.494 e. The van der Waals surface area contributed by atoms with Crippen LogP contribution in [0.4, 0.5) is 11.6 Å². The van der Waals surface area contributed by atoms with Gasteiger partial charge in [0.25, 0.3) is 0 Å². The zero-order valence-electron chi connectivity index (χ0n) is 18.0. The van der Waals surface area contributed by atoms with Crippen LogP contribution in [0.3, 0.4) is 0 Å². The van der Waals surface area contributed by atoms with Gasteiger partial charge in [-0.25, -0.2) is 15.0 Å². The summed E-state index contributed by atoms with van der Waals surface area (Å²) in [5, 5.41) is 3.37. The molecule has 8 nitrogen and oxygen atoms in total. The SMILES string of the molecule is COc1cc(Nc2ncc3c(n2)C(N2CCOCC2)CCC3)ccc1-n1cnc(C)c1. The highest BCUT2D eigenvalue weighted by molar-refractivity contribution is 5.62. The molecule has 0 amide bonds. The summed E-state index contributed by atoms with van der Waals surface area (Å²) in [5.41, 5.74) is 5.20. The molecule has 1 N–H and O–H groups in total. The van der Waals surface area contributed by atoms with E-state index in [9.17, 15) is 0 Å². The van der Waals surface area contributed by atoms with Crippen LogP contribution in [0.1, 0.15) is 35.8 Å². The first kappa shape index (κ1) is 20.0. The summed E-state index contributed by atoms with van der Waals surface area (Å²) in [6.07, 6.45) is 9.11. The highest BCUT2D eigenvalue weighted by atomic mass is 16.5. The Morgan fingerprint density at radius 1 is 1.19 bits per heavy atom. The van der Waals surface area contributed by atoms with Gasteiger partial charge in [0.2, 0.25) is 5.95 Å². The van der Waals surface area contributed by atoms with Gasteiger partial charge in [0, 0.05) is 37.2 Å². The number of hydrogen-bond donors (Lipinski definition) is 1. The zero-order valence-corrected chi connectivity index (χ0v) is 18.0. The zero-order chi connectivity index (χ0) is 21.2. The van der Waals surface area contributed by atoms with Gasteiger partial charge in [-0.1, -0.05) is 0 Å². The number of nitrogens with one attached hydrogen (secondary N) is 1. The van der Waals surface area contributed by atoms with Gasteiger partial charge >= 0.3 is 0 Å². The molecule has 1 fully saturated rings. The number of imidazole rings is 1. The van der Waals surface area contributed by atoms with Crippen LogP contribution >= 0.6 is 0 Å². The van der Waals surface area contributed by atoms with E-state index >= 15 is 0 Å². The van der Waals surface area contributed by atoms with Gasteiger partial charge in [0.15, 0.2) is 0 Å². The average molecular weight is 421 g/mol. The van der Waals surface area contributed by atoms with Crippen LogP contribution < -0.4 is 10.1 Å². The van der Waals surface area contributed by atoms with E-state index in [1.165, 1.54) is 12.0 Å². The first-order valence-corrected chi connectivity index (χ1v) is 10.8. The maximum Gasteiger partial charge on any atom is 0.227 e. The lowest BCUT2D eigenvalue weighted by Gasteiger charge is -2.37. The number of fused-ring (bicyclic) bond motifs is 1. The van der Waals surface area contributed by atoms with Crippen LogP contribution in [0.25, 0.3) is 5.69 Å². The summed E-state index contributed by atoms with van der Waals surface area (Å²) in [7, 11) is 1.68. The third kappa shape index (κ3) is 4.13. The Kier molecular flexibility index (Phi) is 5.57. The smallest absolute Gasteiger partial charge is 0.227 e. The fourth-order valence-electron chi connectivity index (χ4n) is 4.48. The summed E-state index contributed by atoms with van der Waals surface area (Å²) in [5.74, 6) is 1.37. The molecule has 0 radical (unpaired) electrons. The minimum atomic E-state index is 0.345. The molecular weight excluding hydrogens is 392 g/mol. The predicted octanol–water partition coefficient (Wildman–Crippen LogP) is 3.43. The maximum absolute atomic E-state index is 5.63. The Hall–Kier alpha value is -2.97. The summed E-state index contributed by atoms with van der Waals surface area (Å²) in [4.78, 5) is 16.3. The number of morpholine rings is 1. The molecule has 2 aliphatic rings. The van der Waals surface area contributed by atoms with Gasteiger partial charge < -0.3 is 19.4 Å². The molecule has 0 spiro atoms.